The predicted octanol–water partition coefficient (Wildman–Crippen LogP) is 3.72. The van der Waals surface area contributed by atoms with Gasteiger partial charge in [-0.2, -0.15) is 13.2 Å². The number of halogens is 6. The lowest BCUT2D eigenvalue weighted by Crippen LogP contribution is -2.63. The van der Waals surface area contributed by atoms with Crippen LogP contribution >= 0.6 is 11.6 Å². The fourth-order valence-corrected chi connectivity index (χ4v) is 14.8. The normalized spacial score (nSPS) is 28.7. The number of amides is 13. The summed E-state index contributed by atoms with van der Waals surface area (Å²) >= 11 is 6.36. The summed E-state index contributed by atoms with van der Waals surface area (Å²) in [6.45, 7) is 5.91. The molecule has 2 aliphatic carbocycles. The van der Waals surface area contributed by atoms with E-state index in [1.54, 1.807) is 34.6 Å². The van der Waals surface area contributed by atoms with Crippen molar-refractivity contribution in [1.82, 2.24) is 64.9 Å². The maximum atomic E-state index is 15.3. The number of hydrogen-bond donors (Lipinski definition) is 3. The first-order valence-corrected chi connectivity index (χ1v) is 36.8. The maximum Gasteiger partial charge on any atom is 0.393 e. The van der Waals surface area contributed by atoms with Crippen LogP contribution in [0, 0.1) is 29.6 Å². The topological polar surface area (TPSA) is 300 Å². The van der Waals surface area contributed by atoms with Crippen LogP contribution in [-0.4, -0.2) is 307 Å². The summed E-state index contributed by atoms with van der Waals surface area (Å²) in [5.74, 6) is -18.0. The van der Waals surface area contributed by atoms with E-state index in [1.807, 2.05) is 0 Å². The zero-order valence-electron chi connectivity index (χ0n) is 62.6. The van der Waals surface area contributed by atoms with Gasteiger partial charge in [-0.3, -0.25) is 62.3 Å². The minimum atomic E-state index is -4.60. The van der Waals surface area contributed by atoms with Gasteiger partial charge in [0.15, 0.2) is 0 Å². The van der Waals surface area contributed by atoms with Gasteiger partial charge in [-0.25, -0.2) is 8.78 Å². The molecule has 12 atom stereocenters. The molecule has 3 unspecified atom stereocenters. The summed E-state index contributed by atoms with van der Waals surface area (Å²) in [5, 5.41) is 6.63. The van der Waals surface area contributed by atoms with Crippen LogP contribution in [0.15, 0.2) is 0 Å². The Morgan fingerprint density at radius 1 is 0.602 bits per heavy atom. The summed E-state index contributed by atoms with van der Waals surface area (Å²) in [5.41, 5.74) is 0. The highest BCUT2D eigenvalue weighted by atomic mass is 35.5. The van der Waals surface area contributed by atoms with Crippen molar-refractivity contribution in [1.29, 1.82) is 0 Å². The lowest BCUT2D eigenvalue weighted by Gasteiger charge is -2.40. The highest BCUT2D eigenvalue weighted by Crippen LogP contribution is 2.44. The maximum absolute atomic E-state index is 15.3. The molecule has 103 heavy (non-hydrogen) atoms. The van der Waals surface area contributed by atoms with Gasteiger partial charge in [0.05, 0.1) is 58.1 Å². The molecule has 584 valence electrons. The van der Waals surface area contributed by atoms with Gasteiger partial charge in [-0.05, 0) is 94.8 Å². The van der Waals surface area contributed by atoms with E-state index in [4.69, 9.17) is 16.3 Å². The van der Waals surface area contributed by atoms with Crippen molar-refractivity contribution in [3.8, 4) is 0 Å². The molecule has 3 N–H and O–H groups in total. The minimum absolute atomic E-state index is 0.0156. The van der Waals surface area contributed by atoms with E-state index >= 15 is 19.2 Å². The Kier molecular flexibility index (Phi) is 32.7. The SMILES string of the molecule is CCCOC[C@@H]1NC(=O)[C@H](CC(=O)N2CC(F)(F)C2)N(C)C(=O)[C@H](CCC2CCC(C(F)(F)F)C(Cl)C2)NC(=O)CN(C)C(=O)[C@H](CC2CCCCC2)N(C)C(=O)CN(C)C(=O)CN(C)C(=O)[C@H]([C@@H](C)CC)NC(=O)[C@H](C)N(C)C(=O)C[C@@H](C(=O)N2CCCCC2)N(C)C(=O)[C@H](C(C)C)N(C)C1=O. The van der Waals surface area contributed by atoms with Crippen LogP contribution in [0.5, 0.6) is 0 Å². The molecule has 27 nitrogen and oxygen atoms in total. The van der Waals surface area contributed by atoms with E-state index in [0.717, 1.165) is 84.8 Å². The number of piperidine rings is 1. The van der Waals surface area contributed by atoms with E-state index in [9.17, 15) is 65.1 Å². The zero-order chi connectivity index (χ0) is 77.3. The Morgan fingerprint density at radius 3 is 1.77 bits per heavy atom. The highest BCUT2D eigenvalue weighted by Gasteiger charge is 2.50. The van der Waals surface area contributed by atoms with Gasteiger partial charge in [0.25, 0.3) is 5.92 Å². The van der Waals surface area contributed by atoms with Crippen LogP contribution in [-0.2, 0) is 67.1 Å². The number of alkyl halides is 6. The third-order valence-corrected chi connectivity index (χ3v) is 21.9. The molecule has 0 aromatic heterocycles. The van der Waals surface area contributed by atoms with Crippen molar-refractivity contribution in [2.45, 2.75) is 223 Å². The molecule has 33 heteroatoms. The molecular formula is C70H113ClF5N13O14. The summed E-state index contributed by atoms with van der Waals surface area (Å²) in [7, 11) is 10.3. The van der Waals surface area contributed by atoms with E-state index in [-0.39, 0.29) is 51.0 Å². The molecule has 3 aliphatic heterocycles. The first-order valence-electron chi connectivity index (χ1n) is 36.3. The number of likely N-dealkylation sites (tertiary alicyclic amines) is 2. The summed E-state index contributed by atoms with van der Waals surface area (Å²) in [6, 6.07) is -12.1. The predicted molar refractivity (Wildman–Crippen MR) is 371 cm³/mol. The Balaban J connectivity index is 1.64. The molecule has 2 saturated carbocycles. The van der Waals surface area contributed by atoms with Crippen LogP contribution < -0.4 is 16.0 Å². The number of nitrogens with one attached hydrogen (secondary N) is 3. The Labute approximate surface area is 607 Å². The van der Waals surface area contributed by atoms with Crippen molar-refractivity contribution in [3.63, 3.8) is 0 Å². The molecule has 0 aromatic carbocycles. The van der Waals surface area contributed by atoms with Crippen LogP contribution in [0.4, 0.5) is 22.0 Å². The van der Waals surface area contributed by atoms with Crippen LogP contribution in [0.2, 0.25) is 0 Å². The van der Waals surface area contributed by atoms with Crippen LogP contribution in [0.1, 0.15) is 157 Å². The molecule has 5 rings (SSSR count). The molecule has 3 heterocycles. The van der Waals surface area contributed by atoms with E-state index in [0.29, 0.717) is 38.8 Å². The van der Waals surface area contributed by atoms with E-state index in [2.05, 4.69) is 16.0 Å². The second kappa shape index (κ2) is 38.9. The van der Waals surface area contributed by atoms with Gasteiger partial charge in [-0.15, -0.1) is 11.6 Å². The van der Waals surface area contributed by atoms with Crippen molar-refractivity contribution in [2.24, 2.45) is 29.6 Å². The van der Waals surface area contributed by atoms with E-state index in [1.165, 1.54) is 66.1 Å². The third kappa shape index (κ3) is 23.8. The van der Waals surface area contributed by atoms with Crippen molar-refractivity contribution in [3.05, 3.63) is 0 Å². The molecular weight excluding hydrogens is 1380 g/mol. The number of ether oxygens (including phenoxy) is 1. The van der Waals surface area contributed by atoms with Crippen LogP contribution in [0.25, 0.3) is 0 Å². The number of carbonyl (C=O) groups excluding carboxylic acids is 13. The fourth-order valence-electron chi connectivity index (χ4n) is 14.2. The Hall–Kier alpha value is -6.99. The number of nitrogens with zero attached hydrogens (tertiary/aromatic N) is 10. The second-order valence-corrected chi connectivity index (χ2v) is 30.2. The molecule has 0 spiro atoms. The summed E-state index contributed by atoms with van der Waals surface area (Å²) < 4.78 is 76.8. The van der Waals surface area contributed by atoms with Gasteiger partial charge in [0.2, 0.25) is 76.8 Å². The molecule has 5 fully saturated rings. The average molecular weight is 1490 g/mol. The zero-order valence-corrected chi connectivity index (χ0v) is 63.4. The largest absolute Gasteiger partial charge is 0.393 e. The quantitative estimate of drug-likeness (QED) is 0.120. The number of rotatable bonds is 15. The standard InChI is InChI=1S/C70H113ClF5N13O14/c1-15-31-103-39-50-64(98)87(14)60(42(3)4)68(102)86(13)53(66(100)88-29-21-18-22-30-88)35-55(91)83(10)44(6)61(95)79-59(43(5)16-2)67(101)82(9)37-57(93)80(7)38-58(94)84(11)52(33-45-23-19-17-20-24-45)65(99)81(8)36-54(90)77-49(28-26-46-25-27-47(48(71)32-46)70(74,75)76)63(97)85(12)51(62(96)78-50)34-56(92)89-40-69(72,73)41-89/h42-53,59-60H,15-41H2,1-14H3,(H,77,90)(H,78,96)(H,79,95)/t43-,44-,46?,47?,48?,49-,50-,51-,52-,53-,59-,60-/m0/s1. The smallest absolute Gasteiger partial charge is 0.379 e. The number of hydrogen-bond acceptors (Lipinski definition) is 14. The van der Waals surface area contributed by atoms with Gasteiger partial charge in [0, 0.05) is 81.5 Å². The molecule has 5 aliphatic rings. The van der Waals surface area contributed by atoms with Gasteiger partial charge in [-0.1, -0.05) is 73.1 Å². The van der Waals surface area contributed by atoms with Crippen molar-refractivity contribution >= 4 is 88.4 Å². The van der Waals surface area contributed by atoms with Gasteiger partial charge < -0.3 is 69.7 Å². The lowest BCUT2D eigenvalue weighted by molar-refractivity contribution is -0.182. The second-order valence-electron chi connectivity index (χ2n) is 29.6. The molecule has 0 radical (unpaired) electrons. The summed E-state index contributed by atoms with van der Waals surface area (Å²) in [4.78, 5) is 201. The number of carbonyl (C=O) groups is 13. The van der Waals surface area contributed by atoms with Crippen LogP contribution in [0.3, 0.4) is 0 Å². The average Bonchev–Trinajstić information content (AvgIpc) is 0.807. The molecule has 3 saturated heterocycles. The molecule has 0 bridgehead atoms. The van der Waals surface area contributed by atoms with Crippen molar-refractivity contribution in [2.75, 3.05) is 115 Å². The number of likely N-dealkylation sites (N-methyl/N-ethyl adjacent to an activating group) is 8. The first kappa shape index (κ1) is 86.6. The third-order valence-electron chi connectivity index (χ3n) is 21.4. The first-order chi connectivity index (χ1) is 48.2. The fraction of sp³-hybridized carbons (Fsp3) is 0.814. The lowest BCUT2D eigenvalue weighted by atomic mass is 9.78. The summed E-state index contributed by atoms with van der Waals surface area (Å²) in [6.07, 6.45) is -0.0151. The minimum Gasteiger partial charge on any atom is -0.379 e. The van der Waals surface area contributed by atoms with Crippen molar-refractivity contribution < 1.29 is 89.0 Å². The monoisotopic (exact) mass is 1490 g/mol. The highest BCUT2D eigenvalue weighted by molar-refractivity contribution is 6.21. The molecule has 0 aromatic rings. The Morgan fingerprint density at radius 2 is 1.19 bits per heavy atom. The van der Waals surface area contributed by atoms with Gasteiger partial charge >= 0.3 is 6.18 Å². The van der Waals surface area contributed by atoms with Gasteiger partial charge in [0.1, 0.15) is 48.3 Å². The van der Waals surface area contributed by atoms with E-state index < -0.39 is 218 Å². The Bertz CT molecular complexity index is 2990. The molecule has 13 amide bonds.